The highest BCUT2D eigenvalue weighted by Gasteiger charge is 2.28. The topological polar surface area (TPSA) is 86.5 Å². The molecule has 0 spiro atoms. The number of nitrogens with one attached hydrogen (secondary N) is 2. The lowest BCUT2D eigenvalue weighted by Crippen LogP contribution is -2.41. The van der Waals surface area contributed by atoms with Crippen LogP contribution in [0.1, 0.15) is 33.6 Å². The number of rotatable bonds is 4. The molecule has 6 nitrogen and oxygen atoms in total. The van der Waals surface area contributed by atoms with Gasteiger partial charge >= 0.3 is 5.97 Å². The van der Waals surface area contributed by atoms with E-state index in [-0.39, 0.29) is 12.0 Å². The molecule has 0 aromatic rings. The van der Waals surface area contributed by atoms with E-state index in [4.69, 9.17) is 10.00 Å². The van der Waals surface area contributed by atoms with Crippen molar-refractivity contribution in [1.82, 2.24) is 10.6 Å². The van der Waals surface area contributed by atoms with E-state index < -0.39 is 0 Å². The maximum Gasteiger partial charge on any atom is 0.337 e. The molecule has 1 aliphatic heterocycles. The molecule has 18 heavy (non-hydrogen) atoms. The standard InChI is InChI=1S/C12H18N4O2/c1-4-6-9-10(11(17)18-5-2)8(3)15-12(16-9)14-7-13/h9H,4-6H2,1-3H3,(H2,14,15,16)/t9-/m0/s1. The summed E-state index contributed by atoms with van der Waals surface area (Å²) >= 11 is 0. The predicted molar refractivity (Wildman–Crippen MR) is 67.3 cm³/mol. The third-order valence-corrected chi connectivity index (χ3v) is 2.56. The van der Waals surface area contributed by atoms with Crippen molar-refractivity contribution in [2.75, 3.05) is 6.61 Å². The van der Waals surface area contributed by atoms with Crippen LogP contribution in [0, 0.1) is 11.5 Å². The van der Waals surface area contributed by atoms with Crippen molar-refractivity contribution < 1.29 is 9.53 Å². The number of carbonyl (C=O) groups excluding carboxylic acids is 1. The fourth-order valence-electron chi connectivity index (χ4n) is 1.84. The van der Waals surface area contributed by atoms with Crippen molar-refractivity contribution in [3.8, 4) is 6.19 Å². The number of hydrogen-bond donors (Lipinski definition) is 2. The maximum atomic E-state index is 11.9. The van der Waals surface area contributed by atoms with Crippen molar-refractivity contribution in [3.63, 3.8) is 0 Å². The fourth-order valence-corrected chi connectivity index (χ4v) is 1.84. The Morgan fingerprint density at radius 3 is 2.89 bits per heavy atom. The lowest BCUT2D eigenvalue weighted by atomic mass is 10.00. The smallest absolute Gasteiger partial charge is 0.337 e. The molecule has 98 valence electrons. The Morgan fingerprint density at radius 1 is 1.61 bits per heavy atom. The highest BCUT2D eigenvalue weighted by molar-refractivity contribution is 5.95. The molecule has 2 N–H and O–H groups in total. The molecular formula is C12H18N4O2. The second-order valence-corrected chi connectivity index (χ2v) is 3.90. The Bertz CT molecular complexity index is 420. The average molecular weight is 250 g/mol. The predicted octanol–water partition coefficient (Wildman–Crippen LogP) is 1.02. The summed E-state index contributed by atoms with van der Waals surface area (Å²) in [5.41, 5.74) is 1.22. The number of nitrogens with zero attached hydrogens (tertiary/aromatic N) is 2. The van der Waals surface area contributed by atoms with Gasteiger partial charge in [0.15, 0.2) is 6.19 Å². The summed E-state index contributed by atoms with van der Waals surface area (Å²) in [6, 6.07) is -0.258. The molecular weight excluding hydrogens is 232 g/mol. The van der Waals surface area contributed by atoms with Gasteiger partial charge in [0.2, 0.25) is 5.96 Å². The van der Waals surface area contributed by atoms with E-state index in [0.29, 0.717) is 23.8 Å². The van der Waals surface area contributed by atoms with E-state index in [0.717, 1.165) is 12.8 Å². The fraction of sp³-hybridized carbons (Fsp3) is 0.583. The van der Waals surface area contributed by atoms with Crippen LogP contribution in [0.3, 0.4) is 0 Å². The first-order chi connectivity index (χ1) is 8.63. The van der Waals surface area contributed by atoms with Crippen LogP contribution < -0.4 is 10.6 Å². The number of ether oxygens (including phenoxy) is 1. The number of esters is 1. The van der Waals surface area contributed by atoms with Crippen molar-refractivity contribution in [1.29, 1.82) is 5.26 Å². The highest BCUT2D eigenvalue weighted by Crippen LogP contribution is 2.20. The summed E-state index contributed by atoms with van der Waals surface area (Å²) in [5, 5.41) is 13.9. The van der Waals surface area contributed by atoms with Crippen molar-refractivity contribution in [3.05, 3.63) is 11.3 Å². The van der Waals surface area contributed by atoms with Crippen molar-refractivity contribution in [2.24, 2.45) is 4.99 Å². The van der Waals surface area contributed by atoms with Gasteiger partial charge in [0.1, 0.15) is 0 Å². The summed E-state index contributed by atoms with van der Waals surface area (Å²) in [4.78, 5) is 16.2. The van der Waals surface area contributed by atoms with E-state index in [1.807, 2.05) is 13.1 Å². The third kappa shape index (κ3) is 3.23. The zero-order chi connectivity index (χ0) is 13.5. The number of nitriles is 1. The lowest BCUT2D eigenvalue weighted by Gasteiger charge is -2.24. The molecule has 0 amide bonds. The van der Waals surface area contributed by atoms with Gasteiger partial charge < -0.3 is 10.1 Å². The van der Waals surface area contributed by atoms with Gasteiger partial charge in [0.05, 0.1) is 18.2 Å². The molecule has 0 bridgehead atoms. The summed E-state index contributed by atoms with van der Waals surface area (Å²) < 4.78 is 5.03. The van der Waals surface area contributed by atoms with Crippen molar-refractivity contribution in [2.45, 2.75) is 39.7 Å². The second-order valence-electron chi connectivity index (χ2n) is 3.90. The Labute approximate surface area is 107 Å². The summed E-state index contributed by atoms with van der Waals surface area (Å²) in [5.74, 6) is 0.0298. The van der Waals surface area contributed by atoms with Gasteiger partial charge in [-0.3, -0.25) is 5.32 Å². The number of hydrogen-bond acceptors (Lipinski definition) is 6. The van der Waals surface area contributed by atoms with E-state index in [1.165, 1.54) is 0 Å². The molecule has 0 unspecified atom stereocenters. The minimum Gasteiger partial charge on any atom is -0.463 e. The summed E-state index contributed by atoms with van der Waals surface area (Å²) in [6.07, 6.45) is 3.44. The first kappa shape index (κ1) is 14.0. The molecule has 0 saturated carbocycles. The normalized spacial score (nSPS) is 18.6. The number of allylic oxidation sites excluding steroid dienone is 1. The quantitative estimate of drug-likeness (QED) is 0.442. The lowest BCUT2D eigenvalue weighted by molar-refractivity contribution is -0.138. The molecule has 1 atom stereocenters. The molecule has 0 aromatic heterocycles. The Kier molecular flexibility index (Phi) is 5.18. The third-order valence-electron chi connectivity index (χ3n) is 2.56. The van der Waals surface area contributed by atoms with Crippen LogP contribution >= 0.6 is 0 Å². The first-order valence-electron chi connectivity index (χ1n) is 6.01. The van der Waals surface area contributed by atoms with Crippen LogP contribution in [-0.2, 0) is 9.53 Å². The zero-order valence-corrected chi connectivity index (χ0v) is 10.9. The number of guanidine groups is 1. The van der Waals surface area contributed by atoms with Gasteiger partial charge in [-0.15, -0.1) is 0 Å². The SMILES string of the molecule is CCC[C@@H]1N=C(NC#N)NC(C)=C1C(=O)OCC. The van der Waals surface area contributed by atoms with Crippen LogP contribution in [0.5, 0.6) is 0 Å². The van der Waals surface area contributed by atoms with Gasteiger partial charge in [-0.1, -0.05) is 13.3 Å². The summed E-state index contributed by atoms with van der Waals surface area (Å²) in [6.45, 7) is 5.90. The average Bonchev–Trinajstić information content (AvgIpc) is 2.29. The van der Waals surface area contributed by atoms with Gasteiger partial charge in [0, 0.05) is 5.70 Å². The molecule has 1 heterocycles. The van der Waals surface area contributed by atoms with Gasteiger partial charge in [-0.05, 0) is 20.3 Å². The molecule has 0 saturated heterocycles. The van der Waals surface area contributed by atoms with Crippen LogP contribution in [-0.4, -0.2) is 24.6 Å². The Hall–Kier alpha value is -2.03. The first-order valence-corrected chi connectivity index (χ1v) is 6.01. The maximum absolute atomic E-state index is 11.9. The van der Waals surface area contributed by atoms with E-state index in [2.05, 4.69) is 15.6 Å². The van der Waals surface area contributed by atoms with E-state index in [1.54, 1.807) is 13.8 Å². The highest BCUT2D eigenvalue weighted by atomic mass is 16.5. The van der Waals surface area contributed by atoms with Gasteiger partial charge in [0.25, 0.3) is 0 Å². The number of carbonyl (C=O) groups is 1. The van der Waals surface area contributed by atoms with E-state index in [9.17, 15) is 4.79 Å². The summed E-state index contributed by atoms with van der Waals surface area (Å²) in [7, 11) is 0. The van der Waals surface area contributed by atoms with Crippen LogP contribution in [0.15, 0.2) is 16.3 Å². The van der Waals surface area contributed by atoms with Gasteiger partial charge in [-0.25, -0.2) is 9.79 Å². The van der Waals surface area contributed by atoms with Gasteiger partial charge in [-0.2, -0.15) is 5.26 Å². The van der Waals surface area contributed by atoms with Crippen molar-refractivity contribution >= 4 is 11.9 Å². The molecule has 1 rings (SSSR count). The van der Waals surface area contributed by atoms with E-state index >= 15 is 0 Å². The minimum atomic E-state index is -0.347. The number of aliphatic imine (C=N–C) groups is 1. The molecule has 1 aliphatic rings. The molecule has 0 aliphatic carbocycles. The molecule has 0 fully saturated rings. The minimum absolute atomic E-state index is 0.258. The zero-order valence-electron chi connectivity index (χ0n) is 10.9. The molecule has 0 aromatic carbocycles. The monoisotopic (exact) mass is 250 g/mol. The van der Waals surface area contributed by atoms with Crippen LogP contribution in [0.25, 0.3) is 0 Å². The second kappa shape index (κ2) is 6.64. The van der Waals surface area contributed by atoms with Crippen LogP contribution in [0.4, 0.5) is 0 Å². The molecule has 0 radical (unpaired) electrons. The Morgan fingerprint density at radius 2 is 2.33 bits per heavy atom. The van der Waals surface area contributed by atoms with Crippen LogP contribution in [0.2, 0.25) is 0 Å². The largest absolute Gasteiger partial charge is 0.463 e. The molecule has 6 heteroatoms. The Balaban J connectivity index is 2.96.